The third-order valence-electron chi connectivity index (χ3n) is 3.78. The minimum atomic E-state index is -0.639. The van der Waals surface area contributed by atoms with E-state index in [4.69, 9.17) is 33.7 Å². The quantitative estimate of drug-likeness (QED) is 0.825. The van der Waals surface area contributed by atoms with Crippen LogP contribution in [0.15, 0.2) is 18.2 Å². The zero-order valence-electron chi connectivity index (χ0n) is 12.2. The number of halogens is 2. The van der Waals surface area contributed by atoms with Gasteiger partial charge in [-0.2, -0.15) is 0 Å². The zero-order valence-corrected chi connectivity index (χ0v) is 13.7. The van der Waals surface area contributed by atoms with Gasteiger partial charge in [0.1, 0.15) is 18.5 Å². The number of hydrogen-bond donors (Lipinski definition) is 2. The highest BCUT2D eigenvalue weighted by atomic mass is 35.5. The highest BCUT2D eigenvalue weighted by molar-refractivity contribution is 6.34. The van der Waals surface area contributed by atoms with E-state index in [-0.39, 0.29) is 18.4 Å². The summed E-state index contributed by atoms with van der Waals surface area (Å²) in [6.45, 7) is 2.13. The van der Waals surface area contributed by atoms with Crippen LogP contribution in [0.3, 0.4) is 0 Å². The molecule has 22 heavy (non-hydrogen) atoms. The molecule has 1 saturated heterocycles. The molecule has 1 heterocycles. The van der Waals surface area contributed by atoms with Crippen molar-refractivity contribution in [2.45, 2.75) is 18.9 Å². The molecule has 1 aromatic carbocycles. The number of carbonyl (C=O) groups is 1. The molecule has 0 radical (unpaired) electrons. The van der Waals surface area contributed by atoms with Gasteiger partial charge in [-0.05, 0) is 38.1 Å². The number of nitrogens with zero attached hydrogens (tertiary/aromatic N) is 1. The lowest BCUT2D eigenvalue weighted by Crippen LogP contribution is -2.43. The third kappa shape index (κ3) is 5.02. The zero-order chi connectivity index (χ0) is 16.1. The molecule has 1 aromatic rings. The number of ether oxygens (including phenoxy) is 1. The summed E-state index contributed by atoms with van der Waals surface area (Å²) in [5, 5.41) is 11.1. The number of aliphatic hydroxyl groups is 1. The molecule has 1 amide bonds. The summed E-state index contributed by atoms with van der Waals surface area (Å²) in [4.78, 5) is 13.2. The van der Waals surface area contributed by atoms with Gasteiger partial charge in [0.15, 0.2) is 0 Å². The monoisotopic (exact) mass is 346 g/mol. The lowest BCUT2D eigenvalue weighted by Gasteiger charge is -2.31. The van der Waals surface area contributed by atoms with Crippen molar-refractivity contribution in [3.05, 3.63) is 28.2 Å². The number of piperidine rings is 1. The van der Waals surface area contributed by atoms with Crippen LogP contribution in [0.1, 0.15) is 12.8 Å². The maximum Gasteiger partial charge on any atom is 0.220 e. The summed E-state index contributed by atoms with van der Waals surface area (Å²) < 4.78 is 5.51. The predicted molar refractivity (Wildman–Crippen MR) is 86.3 cm³/mol. The summed E-state index contributed by atoms with van der Waals surface area (Å²) in [7, 11) is 0. The van der Waals surface area contributed by atoms with Crippen LogP contribution in [0.4, 0.5) is 0 Å². The van der Waals surface area contributed by atoms with Gasteiger partial charge >= 0.3 is 0 Å². The van der Waals surface area contributed by atoms with E-state index in [2.05, 4.69) is 4.90 Å². The Kier molecular flexibility index (Phi) is 6.32. The Morgan fingerprint density at radius 1 is 1.41 bits per heavy atom. The maximum atomic E-state index is 11.1. The second kappa shape index (κ2) is 8.02. The van der Waals surface area contributed by atoms with Gasteiger partial charge in [0.25, 0.3) is 0 Å². The van der Waals surface area contributed by atoms with E-state index in [0.29, 0.717) is 22.3 Å². The predicted octanol–water partition coefficient (Wildman–Crippen LogP) is 1.93. The number of benzene rings is 1. The Balaban J connectivity index is 1.75. The molecule has 1 atom stereocenters. The SMILES string of the molecule is NC(=O)C1CCN(CC(O)COc2cc(Cl)ccc2Cl)CC1. The van der Waals surface area contributed by atoms with E-state index < -0.39 is 6.10 Å². The normalized spacial score (nSPS) is 18.1. The Morgan fingerprint density at radius 2 is 2.09 bits per heavy atom. The topological polar surface area (TPSA) is 75.8 Å². The largest absolute Gasteiger partial charge is 0.489 e. The van der Waals surface area contributed by atoms with Crippen molar-refractivity contribution in [3.8, 4) is 5.75 Å². The first kappa shape index (κ1) is 17.3. The molecule has 1 fully saturated rings. The number of rotatable bonds is 6. The van der Waals surface area contributed by atoms with Crippen LogP contribution in [0.25, 0.3) is 0 Å². The van der Waals surface area contributed by atoms with E-state index in [1.165, 1.54) is 0 Å². The second-order valence-electron chi connectivity index (χ2n) is 5.52. The number of likely N-dealkylation sites (tertiary alicyclic amines) is 1. The van der Waals surface area contributed by atoms with Gasteiger partial charge in [-0.3, -0.25) is 4.79 Å². The average molecular weight is 347 g/mol. The third-order valence-corrected chi connectivity index (χ3v) is 4.33. The Bertz CT molecular complexity index is 520. The van der Waals surface area contributed by atoms with Crippen molar-refractivity contribution in [2.24, 2.45) is 11.7 Å². The number of β-amino-alcohol motifs (C(OH)–C–C–N with tert-alkyl or cyclic N) is 1. The van der Waals surface area contributed by atoms with Gasteiger partial charge < -0.3 is 20.5 Å². The number of nitrogens with two attached hydrogens (primary N) is 1. The Labute approximate surface area is 139 Å². The standard InChI is InChI=1S/C15H20Cl2N2O3/c16-11-1-2-13(17)14(7-11)22-9-12(20)8-19-5-3-10(4-6-19)15(18)21/h1-2,7,10,12,20H,3-6,8-9H2,(H2,18,21). The van der Waals surface area contributed by atoms with Crippen molar-refractivity contribution < 1.29 is 14.6 Å². The van der Waals surface area contributed by atoms with E-state index in [1.54, 1.807) is 18.2 Å². The van der Waals surface area contributed by atoms with Crippen LogP contribution in [-0.2, 0) is 4.79 Å². The fourth-order valence-electron chi connectivity index (χ4n) is 2.52. The smallest absolute Gasteiger partial charge is 0.220 e. The highest BCUT2D eigenvalue weighted by Crippen LogP contribution is 2.27. The molecule has 5 nitrogen and oxygen atoms in total. The van der Waals surface area contributed by atoms with Crippen LogP contribution in [0, 0.1) is 5.92 Å². The summed E-state index contributed by atoms with van der Waals surface area (Å²) in [6, 6.07) is 4.95. The van der Waals surface area contributed by atoms with Crippen molar-refractivity contribution in [3.63, 3.8) is 0 Å². The molecule has 1 unspecified atom stereocenters. The lowest BCUT2D eigenvalue weighted by molar-refractivity contribution is -0.123. The van der Waals surface area contributed by atoms with Crippen LogP contribution in [-0.4, -0.2) is 48.3 Å². The minimum absolute atomic E-state index is 0.0464. The van der Waals surface area contributed by atoms with Crippen molar-refractivity contribution in [1.29, 1.82) is 0 Å². The van der Waals surface area contributed by atoms with Gasteiger partial charge in [0, 0.05) is 23.6 Å². The first-order chi connectivity index (χ1) is 10.5. The van der Waals surface area contributed by atoms with E-state index in [9.17, 15) is 9.90 Å². The van der Waals surface area contributed by atoms with Gasteiger partial charge in [-0.15, -0.1) is 0 Å². The number of primary amides is 1. The first-order valence-corrected chi connectivity index (χ1v) is 7.99. The highest BCUT2D eigenvalue weighted by Gasteiger charge is 2.24. The molecule has 7 heteroatoms. The molecule has 0 bridgehead atoms. The van der Waals surface area contributed by atoms with Gasteiger partial charge in [0.2, 0.25) is 5.91 Å². The first-order valence-electron chi connectivity index (χ1n) is 7.23. The molecular weight excluding hydrogens is 327 g/mol. The molecule has 1 aliphatic heterocycles. The molecular formula is C15H20Cl2N2O3. The van der Waals surface area contributed by atoms with E-state index >= 15 is 0 Å². The molecule has 1 aliphatic rings. The average Bonchev–Trinajstić information content (AvgIpc) is 2.49. The van der Waals surface area contributed by atoms with Gasteiger partial charge in [-0.1, -0.05) is 23.2 Å². The van der Waals surface area contributed by atoms with Crippen molar-refractivity contribution in [2.75, 3.05) is 26.2 Å². The second-order valence-corrected chi connectivity index (χ2v) is 6.36. The van der Waals surface area contributed by atoms with Crippen LogP contribution >= 0.6 is 23.2 Å². The fraction of sp³-hybridized carbons (Fsp3) is 0.533. The van der Waals surface area contributed by atoms with E-state index in [0.717, 1.165) is 25.9 Å². The van der Waals surface area contributed by atoms with Crippen molar-refractivity contribution in [1.82, 2.24) is 4.90 Å². The summed E-state index contributed by atoms with van der Waals surface area (Å²) >= 11 is 11.9. The summed E-state index contributed by atoms with van der Waals surface area (Å²) in [6.07, 6.45) is 0.840. The molecule has 3 N–H and O–H groups in total. The van der Waals surface area contributed by atoms with Crippen LogP contribution in [0.2, 0.25) is 10.0 Å². The summed E-state index contributed by atoms with van der Waals surface area (Å²) in [5.74, 6) is 0.176. The van der Waals surface area contributed by atoms with Gasteiger partial charge in [-0.25, -0.2) is 0 Å². The minimum Gasteiger partial charge on any atom is -0.489 e. The fourth-order valence-corrected chi connectivity index (χ4v) is 2.86. The summed E-state index contributed by atoms with van der Waals surface area (Å²) in [5.41, 5.74) is 5.30. The Hall–Kier alpha value is -1.01. The molecule has 0 spiro atoms. The molecule has 0 aromatic heterocycles. The molecule has 2 rings (SSSR count). The lowest BCUT2D eigenvalue weighted by atomic mass is 9.96. The number of carbonyl (C=O) groups excluding carboxylic acids is 1. The number of hydrogen-bond acceptors (Lipinski definition) is 4. The molecule has 0 saturated carbocycles. The molecule has 122 valence electrons. The van der Waals surface area contributed by atoms with Gasteiger partial charge in [0.05, 0.1) is 5.02 Å². The Morgan fingerprint density at radius 3 is 2.73 bits per heavy atom. The van der Waals surface area contributed by atoms with Crippen LogP contribution in [0.5, 0.6) is 5.75 Å². The molecule has 0 aliphatic carbocycles. The van der Waals surface area contributed by atoms with E-state index in [1.807, 2.05) is 0 Å². The van der Waals surface area contributed by atoms with Crippen LogP contribution < -0.4 is 10.5 Å². The number of aliphatic hydroxyl groups excluding tert-OH is 1. The number of amides is 1. The maximum absolute atomic E-state index is 11.1. The van der Waals surface area contributed by atoms with Crippen molar-refractivity contribution >= 4 is 29.1 Å².